The summed E-state index contributed by atoms with van der Waals surface area (Å²) in [5.74, 6) is 0.739. The number of hydrogen-bond acceptors (Lipinski definition) is 4. The summed E-state index contributed by atoms with van der Waals surface area (Å²) < 4.78 is 0. The third kappa shape index (κ3) is 5.34. The van der Waals surface area contributed by atoms with Gasteiger partial charge in [0.15, 0.2) is 0 Å². The maximum Gasteiger partial charge on any atom is 0.255 e. The number of thiazole rings is 1. The molecule has 0 radical (unpaired) electrons. The molecule has 3 aromatic carbocycles. The van der Waals surface area contributed by atoms with Crippen LogP contribution in [0.5, 0.6) is 0 Å². The number of nitrogens with zero attached hydrogens (tertiary/aromatic N) is 1. The van der Waals surface area contributed by atoms with E-state index in [0.29, 0.717) is 5.56 Å². The molecule has 0 saturated heterocycles. The number of carbonyl (C=O) groups is 1. The molecular weight excluding hydrogens is 396 g/mol. The van der Waals surface area contributed by atoms with Crippen LogP contribution in [0, 0.1) is 0 Å². The van der Waals surface area contributed by atoms with Crippen molar-refractivity contribution in [1.29, 1.82) is 0 Å². The van der Waals surface area contributed by atoms with Crippen molar-refractivity contribution in [2.75, 3.05) is 5.32 Å². The van der Waals surface area contributed by atoms with Crippen molar-refractivity contribution in [2.45, 2.75) is 17.1 Å². The summed E-state index contributed by atoms with van der Waals surface area (Å²) in [6.45, 7) is 0. The summed E-state index contributed by atoms with van der Waals surface area (Å²) in [7, 11) is 0. The Bertz CT molecular complexity index is 1060. The van der Waals surface area contributed by atoms with Gasteiger partial charge in [-0.2, -0.15) is 0 Å². The number of thioether (sulfide) groups is 1. The molecule has 1 aromatic heterocycles. The Hall–Kier alpha value is -2.89. The maximum atomic E-state index is 12.7. The number of anilines is 1. The Morgan fingerprint density at radius 3 is 2.45 bits per heavy atom. The van der Waals surface area contributed by atoms with Gasteiger partial charge < -0.3 is 5.32 Å². The molecule has 0 aliphatic carbocycles. The van der Waals surface area contributed by atoms with Crippen molar-refractivity contribution in [3.05, 3.63) is 112 Å². The number of amides is 1. The summed E-state index contributed by atoms with van der Waals surface area (Å²) in [6.07, 6.45) is 0.781. The molecule has 1 heterocycles. The molecule has 0 unspecified atom stereocenters. The molecule has 0 saturated carbocycles. The minimum atomic E-state index is -0.0958. The van der Waals surface area contributed by atoms with Gasteiger partial charge in [-0.3, -0.25) is 4.79 Å². The zero-order valence-corrected chi connectivity index (χ0v) is 17.4. The van der Waals surface area contributed by atoms with Crippen molar-refractivity contribution < 1.29 is 4.79 Å². The Morgan fingerprint density at radius 1 is 0.931 bits per heavy atom. The Kier molecular flexibility index (Phi) is 6.39. The molecule has 0 spiro atoms. The number of carbonyl (C=O) groups excluding carboxylic acids is 1. The molecule has 0 bridgehead atoms. The van der Waals surface area contributed by atoms with Gasteiger partial charge in [0.25, 0.3) is 5.91 Å². The van der Waals surface area contributed by atoms with Gasteiger partial charge in [-0.15, -0.1) is 23.1 Å². The Labute approximate surface area is 178 Å². The first kappa shape index (κ1) is 19.4. The fourth-order valence-electron chi connectivity index (χ4n) is 2.98. The van der Waals surface area contributed by atoms with Crippen LogP contribution in [-0.2, 0) is 12.2 Å². The van der Waals surface area contributed by atoms with E-state index >= 15 is 0 Å². The molecule has 3 nitrogen and oxygen atoms in total. The number of nitrogens with one attached hydrogen (secondary N) is 1. The number of para-hydroxylation sites is 1. The first-order valence-electron chi connectivity index (χ1n) is 9.31. The van der Waals surface area contributed by atoms with Crippen LogP contribution in [0.25, 0.3) is 0 Å². The molecule has 29 heavy (non-hydrogen) atoms. The monoisotopic (exact) mass is 416 g/mol. The highest BCUT2D eigenvalue weighted by atomic mass is 32.2. The van der Waals surface area contributed by atoms with Gasteiger partial charge in [0.05, 0.1) is 11.2 Å². The normalized spacial score (nSPS) is 10.6. The molecule has 1 N–H and O–H groups in total. The van der Waals surface area contributed by atoms with Gasteiger partial charge in [-0.1, -0.05) is 48.5 Å². The SMILES string of the molecule is O=C(Nc1ccccc1Cc1ccccc1)c1ccc(SCc2cscn2)cc1. The van der Waals surface area contributed by atoms with Crippen molar-refractivity contribution in [3.63, 3.8) is 0 Å². The zero-order valence-electron chi connectivity index (χ0n) is 15.7. The number of benzene rings is 3. The fraction of sp³-hybridized carbons (Fsp3) is 0.0833. The van der Waals surface area contributed by atoms with Gasteiger partial charge in [-0.05, 0) is 47.9 Å². The average molecular weight is 417 g/mol. The average Bonchev–Trinajstić information content (AvgIpc) is 3.28. The lowest BCUT2D eigenvalue weighted by atomic mass is 10.0. The standard InChI is InChI=1S/C24H20N2OS2/c27-24(19-10-12-22(13-11-19)29-16-21-15-28-17-25-21)26-23-9-5-4-8-20(23)14-18-6-2-1-3-7-18/h1-13,15,17H,14,16H2,(H,26,27). The van der Waals surface area contributed by atoms with Crippen molar-refractivity contribution >= 4 is 34.7 Å². The van der Waals surface area contributed by atoms with E-state index in [1.807, 2.05) is 66.2 Å². The quantitative estimate of drug-likeness (QED) is 0.361. The smallest absolute Gasteiger partial charge is 0.255 e. The van der Waals surface area contributed by atoms with Gasteiger partial charge >= 0.3 is 0 Å². The highest BCUT2D eigenvalue weighted by molar-refractivity contribution is 7.98. The number of rotatable bonds is 7. The third-order valence-corrected chi connectivity index (χ3v) is 6.17. The summed E-state index contributed by atoms with van der Waals surface area (Å²) in [5, 5.41) is 5.12. The van der Waals surface area contributed by atoms with Crippen LogP contribution in [-0.4, -0.2) is 10.9 Å². The van der Waals surface area contributed by atoms with Gasteiger partial charge in [0, 0.05) is 27.3 Å². The van der Waals surface area contributed by atoms with Crippen molar-refractivity contribution in [3.8, 4) is 0 Å². The largest absolute Gasteiger partial charge is 0.322 e. The molecule has 0 fully saturated rings. The van der Waals surface area contributed by atoms with E-state index in [0.717, 1.165) is 34.0 Å². The first-order chi connectivity index (χ1) is 14.3. The predicted octanol–water partition coefficient (Wildman–Crippen LogP) is 6.28. The minimum Gasteiger partial charge on any atom is -0.322 e. The van der Waals surface area contributed by atoms with E-state index in [9.17, 15) is 4.79 Å². The van der Waals surface area contributed by atoms with Crippen LogP contribution in [0.15, 0.2) is 94.6 Å². The second-order valence-corrected chi connectivity index (χ2v) is 8.33. The second-order valence-electron chi connectivity index (χ2n) is 6.57. The van der Waals surface area contributed by atoms with Crippen LogP contribution >= 0.6 is 23.1 Å². The Balaban J connectivity index is 1.41. The lowest BCUT2D eigenvalue weighted by molar-refractivity contribution is 0.102. The van der Waals surface area contributed by atoms with E-state index < -0.39 is 0 Å². The first-order valence-corrected chi connectivity index (χ1v) is 11.2. The molecule has 0 atom stereocenters. The highest BCUT2D eigenvalue weighted by Crippen LogP contribution is 2.24. The van der Waals surface area contributed by atoms with E-state index in [4.69, 9.17) is 0 Å². The molecule has 4 rings (SSSR count). The van der Waals surface area contributed by atoms with Crippen molar-refractivity contribution in [2.24, 2.45) is 0 Å². The lowest BCUT2D eigenvalue weighted by Gasteiger charge is -2.11. The van der Waals surface area contributed by atoms with Gasteiger partial charge in [-0.25, -0.2) is 4.98 Å². The fourth-order valence-corrected chi connectivity index (χ4v) is 4.44. The molecule has 4 aromatic rings. The number of hydrogen-bond donors (Lipinski definition) is 1. The van der Waals surface area contributed by atoms with Crippen molar-refractivity contribution in [1.82, 2.24) is 4.98 Å². The summed E-state index contributed by atoms with van der Waals surface area (Å²) in [6, 6.07) is 26.0. The van der Waals surface area contributed by atoms with Gasteiger partial charge in [0.1, 0.15) is 0 Å². The minimum absolute atomic E-state index is 0.0958. The molecule has 1 amide bonds. The molecule has 144 valence electrons. The van der Waals surface area contributed by atoms with Gasteiger partial charge in [0.2, 0.25) is 0 Å². The Morgan fingerprint density at radius 2 is 1.69 bits per heavy atom. The van der Waals surface area contributed by atoms with E-state index in [-0.39, 0.29) is 5.91 Å². The second kappa shape index (κ2) is 9.54. The van der Waals surface area contributed by atoms with E-state index in [2.05, 4.69) is 33.9 Å². The van der Waals surface area contributed by atoms with E-state index in [1.165, 1.54) is 5.56 Å². The van der Waals surface area contributed by atoms with Crippen LogP contribution in [0.4, 0.5) is 5.69 Å². The zero-order chi connectivity index (χ0) is 19.9. The molecule has 0 aliphatic rings. The van der Waals surface area contributed by atoms with Crippen LogP contribution in [0.2, 0.25) is 0 Å². The third-order valence-electron chi connectivity index (χ3n) is 4.49. The topological polar surface area (TPSA) is 42.0 Å². The number of aromatic nitrogens is 1. The summed E-state index contributed by atoms with van der Waals surface area (Å²) in [5.41, 5.74) is 6.75. The van der Waals surface area contributed by atoms with Crippen LogP contribution in [0.1, 0.15) is 27.2 Å². The highest BCUT2D eigenvalue weighted by Gasteiger charge is 2.10. The molecule has 5 heteroatoms. The van der Waals surface area contributed by atoms with Crippen LogP contribution < -0.4 is 5.32 Å². The van der Waals surface area contributed by atoms with E-state index in [1.54, 1.807) is 23.1 Å². The van der Waals surface area contributed by atoms with Crippen LogP contribution in [0.3, 0.4) is 0 Å². The predicted molar refractivity (Wildman–Crippen MR) is 122 cm³/mol. The maximum absolute atomic E-state index is 12.7. The lowest BCUT2D eigenvalue weighted by Crippen LogP contribution is -2.13. The summed E-state index contributed by atoms with van der Waals surface area (Å²) >= 11 is 3.32. The summed E-state index contributed by atoms with van der Waals surface area (Å²) in [4.78, 5) is 18.2. The molecular formula is C24H20N2OS2. The molecule has 0 aliphatic heterocycles.